The smallest absolute Gasteiger partial charge is 0.240 e. The number of fused-ring (bicyclic) bond motifs is 1. The van der Waals surface area contributed by atoms with Gasteiger partial charge in [-0.05, 0) is 44.4 Å². The van der Waals surface area contributed by atoms with Crippen molar-refractivity contribution < 1.29 is 13.6 Å². The van der Waals surface area contributed by atoms with Gasteiger partial charge in [0.1, 0.15) is 11.6 Å². The molecule has 0 bridgehead atoms. The van der Waals surface area contributed by atoms with Gasteiger partial charge in [-0.1, -0.05) is 24.3 Å². The highest BCUT2D eigenvalue weighted by atomic mass is 19.1. The molecule has 1 aliphatic rings. The molecule has 132 valence electrons. The minimum Gasteiger partial charge on any atom is -0.359 e. The molecule has 0 radical (unpaired) electrons. The lowest BCUT2D eigenvalue weighted by Gasteiger charge is -2.36. The van der Waals surface area contributed by atoms with E-state index in [1.54, 1.807) is 6.92 Å². The maximum absolute atomic E-state index is 13.9. The molecule has 2 atom stereocenters. The predicted molar refractivity (Wildman–Crippen MR) is 94.5 cm³/mol. The van der Waals surface area contributed by atoms with Crippen LogP contribution in [0, 0.1) is 11.6 Å². The fraction of sp³-hybridized carbons (Fsp3) is 0.350. The first-order valence-electron chi connectivity index (χ1n) is 8.54. The van der Waals surface area contributed by atoms with E-state index in [-0.39, 0.29) is 24.1 Å². The molecule has 5 heteroatoms. The number of hydrogen-bond donors (Lipinski definition) is 1. The molecule has 0 fully saturated rings. The molecule has 0 saturated carbocycles. The molecule has 2 unspecified atom stereocenters. The fourth-order valence-electron chi connectivity index (χ4n) is 3.37. The number of benzene rings is 2. The lowest BCUT2D eigenvalue weighted by Crippen LogP contribution is -2.45. The van der Waals surface area contributed by atoms with Crippen molar-refractivity contribution >= 4 is 11.6 Å². The Morgan fingerprint density at radius 3 is 2.80 bits per heavy atom. The topological polar surface area (TPSA) is 32.3 Å². The summed E-state index contributed by atoms with van der Waals surface area (Å²) in [6.07, 6.45) is 2.00. The highest BCUT2D eigenvalue weighted by molar-refractivity contribution is 5.82. The summed E-state index contributed by atoms with van der Waals surface area (Å²) in [6.45, 7) is 4.01. The van der Waals surface area contributed by atoms with E-state index in [1.807, 2.05) is 18.2 Å². The van der Waals surface area contributed by atoms with E-state index in [0.717, 1.165) is 24.6 Å². The number of aryl methyl sites for hydroxylation is 1. The Balaban J connectivity index is 1.70. The number of anilines is 1. The molecule has 0 aliphatic carbocycles. The Morgan fingerprint density at radius 1 is 1.28 bits per heavy atom. The lowest BCUT2D eigenvalue weighted by atomic mass is 9.96. The van der Waals surface area contributed by atoms with Gasteiger partial charge in [-0.15, -0.1) is 0 Å². The molecule has 1 amide bonds. The van der Waals surface area contributed by atoms with Crippen molar-refractivity contribution in [2.24, 2.45) is 0 Å². The van der Waals surface area contributed by atoms with Gasteiger partial charge in [-0.3, -0.25) is 4.79 Å². The minimum absolute atomic E-state index is 0.181. The van der Waals surface area contributed by atoms with Crippen molar-refractivity contribution in [1.82, 2.24) is 5.32 Å². The van der Waals surface area contributed by atoms with Gasteiger partial charge < -0.3 is 10.2 Å². The summed E-state index contributed by atoms with van der Waals surface area (Å²) in [7, 11) is 0. The first-order chi connectivity index (χ1) is 12.0. The van der Waals surface area contributed by atoms with Crippen molar-refractivity contribution in [3.05, 3.63) is 65.2 Å². The SMILES string of the molecule is CC(NC(=O)CN1c2ccccc2CCC1C)c1ccc(F)cc1F. The van der Waals surface area contributed by atoms with Crippen molar-refractivity contribution in [2.45, 2.75) is 38.8 Å². The molecule has 3 rings (SSSR count). The average Bonchev–Trinajstić information content (AvgIpc) is 2.57. The van der Waals surface area contributed by atoms with Crippen LogP contribution in [0.1, 0.15) is 37.4 Å². The van der Waals surface area contributed by atoms with Gasteiger partial charge in [0.15, 0.2) is 0 Å². The molecule has 3 nitrogen and oxygen atoms in total. The normalized spacial score (nSPS) is 17.8. The van der Waals surface area contributed by atoms with Gasteiger partial charge in [-0.25, -0.2) is 8.78 Å². The molecule has 0 saturated heterocycles. The molecule has 0 aromatic heterocycles. The first kappa shape index (κ1) is 17.4. The quantitative estimate of drug-likeness (QED) is 0.910. The minimum atomic E-state index is -0.649. The van der Waals surface area contributed by atoms with E-state index in [1.165, 1.54) is 17.7 Å². The van der Waals surface area contributed by atoms with Crippen LogP contribution in [0.2, 0.25) is 0 Å². The van der Waals surface area contributed by atoms with Crippen LogP contribution >= 0.6 is 0 Å². The highest BCUT2D eigenvalue weighted by Gasteiger charge is 2.25. The number of nitrogens with one attached hydrogen (secondary N) is 1. The van der Waals surface area contributed by atoms with E-state index in [0.29, 0.717) is 0 Å². The van der Waals surface area contributed by atoms with Crippen LogP contribution in [-0.2, 0) is 11.2 Å². The number of halogens is 2. The summed E-state index contributed by atoms with van der Waals surface area (Å²) in [4.78, 5) is 14.6. The van der Waals surface area contributed by atoms with E-state index >= 15 is 0 Å². The molecule has 1 N–H and O–H groups in total. The zero-order valence-corrected chi connectivity index (χ0v) is 14.4. The Kier molecular flexibility index (Phi) is 5.02. The second-order valence-corrected chi connectivity index (χ2v) is 6.60. The molecular formula is C20H22F2N2O. The molecule has 0 spiro atoms. The summed E-state index contributed by atoms with van der Waals surface area (Å²) in [5.41, 5.74) is 2.60. The molecule has 2 aromatic carbocycles. The second kappa shape index (κ2) is 7.21. The van der Waals surface area contributed by atoms with E-state index < -0.39 is 17.7 Å². The standard InChI is InChI=1S/C20H22F2N2O/c1-13-7-8-15-5-3-4-6-19(15)24(13)12-20(25)23-14(2)17-10-9-16(21)11-18(17)22/h3-6,9-11,13-14H,7-8,12H2,1-2H3,(H,23,25). The Hall–Kier alpha value is -2.43. The van der Waals surface area contributed by atoms with E-state index in [9.17, 15) is 13.6 Å². The number of carbonyl (C=O) groups excluding carboxylic acids is 1. The summed E-state index contributed by atoms with van der Waals surface area (Å²) in [6, 6.07) is 11.2. The number of para-hydroxylation sites is 1. The zero-order valence-electron chi connectivity index (χ0n) is 14.4. The first-order valence-corrected chi connectivity index (χ1v) is 8.54. The Bertz CT molecular complexity index is 778. The van der Waals surface area contributed by atoms with Crippen LogP contribution < -0.4 is 10.2 Å². The molecular weight excluding hydrogens is 322 g/mol. The maximum atomic E-state index is 13.9. The van der Waals surface area contributed by atoms with Crippen molar-refractivity contribution in [1.29, 1.82) is 0 Å². The van der Waals surface area contributed by atoms with Crippen LogP contribution in [0.5, 0.6) is 0 Å². The van der Waals surface area contributed by atoms with Crippen LogP contribution in [0.15, 0.2) is 42.5 Å². The summed E-state index contributed by atoms with van der Waals surface area (Å²) >= 11 is 0. The largest absolute Gasteiger partial charge is 0.359 e. The lowest BCUT2D eigenvalue weighted by molar-refractivity contribution is -0.120. The van der Waals surface area contributed by atoms with Gasteiger partial charge in [0.05, 0.1) is 12.6 Å². The second-order valence-electron chi connectivity index (χ2n) is 6.60. The van der Waals surface area contributed by atoms with Crippen LogP contribution in [0.4, 0.5) is 14.5 Å². The number of hydrogen-bond acceptors (Lipinski definition) is 2. The van der Waals surface area contributed by atoms with Crippen LogP contribution in [0.25, 0.3) is 0 Å². The predicted octanol–water partition coefficient (Wildman–Crippen LogP) is 3.98. The molecule has 25 heavy (non-hydrogen) atoms. The van der Waals surface area contributed by atoms with E-state index in [4.69, 9.17) is 0 Å². The van der Waals surface area contributed by atoms with Crippen LogP contribution in [0.3, 0.4) is 0 Å². The molecule has 1 heterocycles. The Labute approximate surface area is 146 Å². The molecule has 1 aliphatic heterocycles. The fourth-order valence-corrected chi connectivity index (χ4v) is 3.37. The average molecular weight is 344 g/mol. The number of nitrogens with zero attached hydrogens (tertiary/aromatic N) is 1. The zero-order chi connectivity index (χ0) is 18.0. The van der Waals surface area contributed by atoms with Gasteiger partial charge in [0.25, 0.3) is 0 Å². The Morgan fingerprint density at radius 2 is 2.04 bits per heavy atom. The van der Waals surface area contributed by atoms with Crippen molar-refractivity contribution in [3.8, 4) is 0 Å². The number of amides is 1. The van der Waals surface area contributed by atoms with E-state index in [2.05, 4.69) is 23.2 Å². The molecule has 2 aromatic rings. The van der Waals surface area contributed by atoms with Gasteiger partial charge in [-0.2, -0.15) is 0 Å². The number of rotatable bonds is 4. The van der Waals surface area contributed by atoms with Gasteiger partial charge in [0, 0.05) is 23.4 Å². The monoisotopic (exact) mass is 344 g/mol. The summed E-state index contributed by atoms with van der Waals surface area (Å²) < 4.78 is 26.9. The number of carbonyl (C=O) groups is 1. The third-order valence-corrected chi connectivity index (χ3v) is 4.79. The van der Waals surface area contributed by atoms with Crippen molar-refractivity contribution in [2.75, 3.05) is 11.4 Å². The maximum Gasteiger partial charge on any atom is 0.240 e. The van der Waals surface area contributed by atoms with Crippen molar-refractivity contribution in [3.63, 3.8) is 0 Å². The van der Waals surface area contributed by atoms with Gasteiger partial charge in [0.2, 0.25) is 5.91 Å². The highest BCUT2D eigenvalue weighted by Crippen LogP contribution is 2.30. The van der Waals surface area contributed by atoms with Crippen LogP contribution in [-0.4, -0.2) is 18.5 Å². The third-order valence-electron chi connectivity index (χ3n) is 4.79. The van der Waals surface area contributed by atoms with Gasteiger partial charge >= 0.3 is 0 Å². The third kappa shape index (κ3) is 3.81. The summed E-state index contributed by atoms with van der Waals surface area (Å²) in [5, 5.41) is 2.81. The summed E-state index contributed by atoms with van der Waals surface area (Å²) in [5.74, 6) is -1.46.